The number of rotatable bonds is 5. The van der Waals surface area contributed by atoms with Crippen molar-refractivity contribution in [3.05, 3.63) is 111 Å². The van der Waals surface area contributed by atoms with Crippen LogP contribution < -0.4 is 4.74 Å². The number of ether oxygens (including phenoxy) is 1. The van der Waals surface area contributed by atoms with Gasteiger partial charge in [-0.1, -0.05) is 48.7 Å². The minimum Gasteiger partial charge on any atom is -0.439 e. The van der Waals surface area contributed by atoms with Gasteiger partial charge >= 0.3 is 6.18 Å². The number of alkyl halides is 3. The predicted molar refractivity (Wildman–Crippen MR) is 141 cm³/mol. The van der Waals surface area contributed by atoms with Gasteiger partial charge in [0.15, 0.2) is 5.78 Å². The zero-order valence-corrected chi connectivity index (χ0v) is 21.8. The third-order valence-electron chi connectivity index (χ3n) is 6.34. The van der Waals surface area contributed by atoms with Crippen molar-refractivity contribution in [2.24, 2.45) is 0 Å². The molecule has 2 atom stereocenters. The van der Waals surface area contributed by atoms with Gasteiger partial charge in [-0.25, -0.2) is 4.98 Å². The number of benzene rings is 2. The standard InChI is InChI=1S/C27H18ClF3N2O3S2/c28-20-5-2-1-4-19(20)24-21(34)14-26(33(37)25(24)35,17-12-13-38-15-17)22-6-3-7-23(32-22)36-18-10-8-16(9-11-18)27(29,30)31/h1-13,15,24,37H,14H2. The molecule has 2 unspecified atom stereocenters. The van der Waals surface area contributed by atoms with Crippen LogP contribution in [0.25, 0.3) is 0 Å². The molecule has 2 aromatic heterocycles. The quantitative estimate of drug-likeness (QED) is 0.201. The maximum Gasteiger partial charge on any atom is 0.416 e. The van der Waals surface area contributed by atoms with Gasteiger partial charge in [0.2, 0.25) is 11.8 Å². The lowest BCUT2D eigenvalue weighted by molar-refractivity contribution is -0.142. The van der Waals surface area contributed by atoms with Crippen molar-refractivity contribution in [2.75, 3.05) is 0 Å². The molecule has 11 heteroatoms. The largest absolute Gasteiger partial charge is 0.439 e. The summed E-state index contributed by atoms with van der Waals surface area (Å²) >= 11 is 12.3. The topological polar surface area (TPSA) is 59.5 Å². The molecule has 1 saturated heterocycles. The van der Waals surface area contributed by atoms with E-state index in [4.69, 9.17) is 16.3 Å². The van der Waals surface area contributed by atoms with Crippen LogP contribution >= 0.6 is 35.8 Å². The average molecular weight is 575 g/mol. The Bertz CT molecular complexity index is 1500. The van der Waals surface area contributed by atoms with E-state index in [-0.39, 0.29) is 23.8 Å². The smallest absolute Gasteiger partial charge is 0.416 e. The first kappa shape index (κ1) is 26.3. The molecule has 1 fully saturated rings. The number of halogens is 4. The van der Waals surface area contributed by atoms with Crippen molar-refractivity contribution < 1.29 is 27.5 Å². The fourth-order valence-electron chi connectivity index (χ4n) is 4.50. The van der Waals surface area contributed by atoms with Crippen molar-refractivity contribution in [2.45, 2.75) is 24.1 Å². The van der Waals surface area contributed by atoms with Crippen molar-refractivity contribution in [3.63, 3.8) is 0 Å². The van der Waals surface area contributed by atoms with E-state index in [1.807, 2.05) is 10.8 Å². The highest BCUT2D eigenvalue weighted by atomic mass is 35.5. The number of amides is 1. The van der Waals surface area contributed by atoms with Crippen LogP contribution in [0.15, 0.2) is 83.6 Å². The molecule has 0 bridgehead atoms. The first-order valence-electron chi connectivity index (χ1n) is 11.3. The fourth-order valence-corrected chi connectivity index (χ4v) is 5.87. The number of nitrogens with zero attached hydrogens (tertiary/aromatic N) is 2. The van der Waals surface area contributed by atoms with E-state index in [1.165, 1.54) is 33.8 Å². The second-order valence-corrected chi connectivity index (χ2v) is 10.2. The van der Waals surface area contributed by atoms with Gasteiger partial charge in [-0.15, -0.1) is 0 Å². The van der Waals surface area contributed by atoms with E-state index in [0.29, 0.717) is 21.8 Å². The Labute approximate surface area is 230 Å². The van der Waals surface area contributed by atoms with Crippen molar-refractivity contribution >= 4 is 47.4 Å². The lowest BCUT2D eigenvalue weighted by Crippen LogP contribution is -2.54. The van der Waals surface area contributed by atoms with Gasteiger partial charge in [-0.2, -0.15) is 24.5 Å². The molecular weight excluding hydrogens is 557 g/mol. The zero-order chi connectivity index (χ0) is 27.1. The highest BCUT2D eigenvalue weighted by Gasteiger charge is 2.53. The second-order valence-electron chi connectivity index (χ2n) is 8.61. The minimum atomic E-state index is -4.47. The number of hydrogen-bond acceptors (Lipinski definition) is 6. The maximum absolute atomic E-state index is 13.7. The van der Waals surface area contributed by atoms with Crippen LogP contribution in [0.2, 0.25) is 5.02 Å². The van der Waals surface area contributed by atoms with Gasteiger partial charge in [-0.3, -0.25) is 13.9 Å². The highest BCUT2D eigenvalue weighted by molar-refractivity contribution is 7.78. The van der Waals surface area contributed by atoms with Crippen LogP contribution in [-0.2, 0) is 21.3 Å². The van der Waals surface area contributed by atoms with Crippen LogP contribution in [-0.4, -0.2) is 21.0 Å². The van der Waals surface area contributed by atoms with Crippen molar-refractivity contribution in [3.8, 4) is 11.6 Å². The first-order valence-corrected chi connectivity index (χ1v) is 13.0. The molecule has 1 amide bonds. The lowest BCUT2D eigenvalue weighted by atomic mass is 9.75. The van der Waals surface area contributed by atoms with Crippen LogP contribution in [0.1, 0.15) is 34.7 Å². The molecule has 0 N–H and O–H groups in total. The number of Topliss-reactive ketones (excluding diaryl/α,β-unsaturated/α-hetero) is 1. The molecule has 194 valence electrons. The number of ketones is 1. The fraction of sp³-hybridized carbons (Fsp3) is 0.148. The number of hydrogen-bond donors (Lipinski definition) is 1. The second kappa shape index (κ2) is 10.1. The van der Waals surface area contributed by atoms with E-state index in [1.54, 1.807) is 42.5 Å². The molecule has 4 aromatic rings. The summed E-state index contributed by atoms with van der Waals surface area (Å²) in [6, 6.07) is 17.5. The van der Waals surface area contributed by atoms with Gasteiger partial charge in [0.25, 0.3) is 0 Å². The van der Waals surface area contributed by atoms with Gasteiger partial charge in [0.05, 0.1) is 11.3 Å². The van der Waals surface area contributed by atoms with E-state index < -0.39 is 29.1 Å². The van der Waals surface area contributed by atoms with Crippen LogP contribution in [0.5, 0.6) is 11.6 Å². The third-order valence-corrected chi connectivity index (χ3v) is 7.90. The Kier molecular flexibility index (Phi) is 6.97. The molecule has 0 aliphatic carbocycles. The summed E-state index contributed by atoms with van der Waals surface area (Å²) in [6.07, 6.45) is -4.60. The molecule has 0 radical (unpaired) electrons. The molecule has 2 aromatic carbocycles. The average Bonchev–Trinajstić information content (AvgIpc) is 3.43. The lowest BCUT2D eigenvalue weighted by Gasteiger charge is -2.45. The number of piperidine rings is 1. The summed E-state index contributed by atoms with van der Waals surface area (Å²) in [4.78, 5) is 31.8. The van der Waals surface area contributed by atoms with Crippen molar-refractivity contribution in [1.29, 1.82) is 0 Å². The molecule has 0 saturated carbocycles. The van der Waals surface area contributed by atoms with E-state index in [2.05, 4.69) is 17.8 Å². The Morgan fingerprint density at radius 2 is 1.76 bits per heavy atom. The van der Waals surface area contributed by atoms with Gasteiger partial charge in [0, 0.05) is 17.5 Å². The van der Waals surface area contributed by atoms with Crippen LogP contribution in [0, 0.1) is 0 Å². The zero-order valence-electron chi connectivity index (χ0n) is 19.4. The molecule has 1 aliphatic rings. The normalized spacial score (nSPS) is 20.0. The Hall–Kier alpha value is -3.34. The van der Waals surface area contributed by atoms with E-state index in [9.17, 15) is 22.8 Å². The summed E-state index contributed by atoms with van der Waals surface area (Å²) in [5.74, 6) is -1.81. The molecule has 1 aliphatic heterocycles. The molecule has 3 heterocycles. The van der Waals surface area contributed by atoms with Gasteiger partial charge in [-0.05, 0) is 64.4 Å². The third kappa shape index (κ3) is 4.68. The molecular formula is C27H18ClF3N2O3S2. The summed E-state index contributed by atoms with van der Waals surface area (Å²) in [5, 5.41) is 3.93. The summed E-state index contributed by atoms with van der Waals surface area (Å²) in [7, 11) is 0. The predicted octanol–water partition coefficient (Wildman–Crippen LogP) is 7.28. The van der Waals surface area contributed by atoms with Gasteiger partial charge < -0.3 is 4.74 Å². The van der Waals surface area contributed by atoms with E-state index in [0.717, 1.165) is 12.1 Å². The molecule has 5 nitrogen and oxygen atoms in total. The van der Waals surface area contributed by atoms with E-state index >= 15 is 0 Å². The Morgan fingerprint density at radius 3 is 2.42 bits per heavy atom. The first-order chi connectivity index (χ1) is 18.1. The monoisotopic (exact) mass is 574 g/mol. The van der Waals surface area contributed by atoms with Crippen molar-refractivity contribution in [1.82, 2.24) is 9.29 Å². The number of aromatic nitrogens is 1. The van der Waals surface area contributed by atoms with Crippen LogP contribution in [0.3, 0.4) is 0 Å². The van der Waals surface area contributed by atoms with Gasteiger partial charge in [0.1, 0.15) is 17.2 Å². The molecule has 0 spiro atoms. The highest BCUT2D eigenvalue weighted by Crippen LogP contribution is 2.48. The molecule has 38 heavy (non-hydrogen) atoms. The summed E-state index contributed by atoms with van der Waals surface area (Å²) in [5.41, 5.74) is -0.810. The number of carbonyl (C=O) groups excluding carboxylic acids is 2. The van der Waals surface area contributed by atoms with Crippen LogP contribution in [0.4, 0.5) is 13.2 Å². The summed E-state index contributed by atoms with van der Waals surface area (Å²) in [6.45, 7) is 0. The summed E-state index contributed by atoms with van der Waals surface area (Å²) < 4.78 is 45.7. The molecule has 5 rings (SSSR count). The number of pyridine rings is 1. The maximum atomic E-state index is 13.7. The minimum absolute atomic E-state index is 0.0757. The Morgan fingerprint density at radius 1 is 1.03 bits per heavy atom. The number of thiol groups is 1. The Balaban J connectivity index is 1.53. The SMILES string of the molecule is O=C1CC(c2ccsc2)(c2cccc(Oc3ccc(C(F)(F)F)cc3)n2)N(S)C(=O)C1c1ccccc1Cl. The number of carbonyl (C=O) groups is 2. The number of thiophene rings is 1.